The van der Waals surface area contributed by atoms with Crippen LogP contribution in [0.1, 0.15) is 17.3 Å². The van der Waals surface area contributed by atoms with Gasteiger partial charge in [-0.3, -0.25) is 9.59 Å². The molecule has 4 nitrogen and oxygen atoms in total. The number of carbonyl (C=O) groups excluding carboxylic acids is 1. The molecule has 0 aliphatic carbocycles. The molecule has 1 aromatic carbocycles. The Kier molecular flexibility index (Phi) is 4.49. The van der Waals surface area contributed by atoms with Gasteiger partial charge in [0.1, 0.15) is 6.04 Å². The third-order valence-electron chi connectivity index (χ3n) is 1.89. The molecule has 1 amide bonds. The predicted molar refractivity (Wildman–Crippen MR) is 66.4 cm³/mol. The van der Waals surface area contributed by atoms with Crippen molar-refractivity contribution in [2.45, 2.75) is 13.0 Å². The molecular formula is C10H9Br2NO3. The first-order chi connectivity index (χ1) is 7.41. The molecule has 0 saturated carbocycles. The number of rotatable bonds is 3. The zero-order valence-electron chi connectivity index (χ0n) is 8.33. The van der Waals surface area contributed by atoms with Gasteiger partial charge < -0.3 is 10.4 Å². The molecule has 0 saturated heterocycles. The van der Waals surface area contributed by atoms with Gasteiger partial charge in [-0.05, 0) is 41.1 Å². The van der Waals surface area contributed by atoms with Crippen molar-refractivity contribution < 1.29 is 14.7 Å². The Morgan fingerprint density at radius 3 is 2.56 bits per heavy atom. The summed E-state index contributed by atoms with van der Waals surface area (Å²) in [7, 11) is 0. The molecule has 0 radical (unpaired) electrons. The maximum atomic E-state index is 11.7. The molecule has 0 aromatic heterocycles. The van der Waals surface area contributed by atoms with Crippen molar-refractivity contribution in [2.24, 2.45) is 0 Å². The van der Waals surface area contributed by atoms with Crippen molar-refractivity contribution in [3.63, 3.8) is 0 Å². The number of carbonyl (C=O) groups is 2. The molecule has 0 aliphatic rings. The number of halogens is 2. The molecule has 1 rings (SSSR count). The monoisotopic (exact) mass is 349 g/mol. The molecule has 1 aromatic rings. The second-order valence-electron chi connectivity index (χ2n) is 3.16. The van der Waals surface area contributed by atoms with Crippen LogP contribution < -0.4 is 5.32 Å². The summed E-state index contributed by atoms with van der Waals surface area (Å²) in [6.45, 7) is 1.41. The van der Waals surface area contributed by atoms with Gasteiger partial charge in [-0.2, -0.15) is 0 Å². The van der Waals surface area contributed by atoms with Gasteiger partial charge in [0.05, 0.1) is 5.56 Å². The van der Waals surface area contributed by atoms with Crippen molar-refractivity contribution >= 4 is 43.7 Å². The molecule has 0 spiro atoms. The second-order valence-corrected chi connectivity index (χ2v) is 4.93. The van der Waals surface area contributed by atoms with Crippen molar-refractivity contribution in [2.75, 3.05) is 0 Å². The highest BCUT2D eigenvalue weighted by Crippen LogP contribution is 2.21. The van der Waals surface area contributed by atoms with E-state index in [1.165, 1.54) is 6.92 Å². The van der Waals surface area contributed by atoms with Gasteiger partial charge in [-0.15, -0.1) is 0 Å². The fourth-order valence-electron chi connectivity index (χ4n) is 1.01. The highest BCUT2D eigenvalue weighted by Gasteiger charge is 2.17. The normalized spacial score (nSPS) is 11.9. The van der Waals surface area contributed by atoms with Crippen molar-refractivity contribution in [3.05, 3.63) is 32.7 Å². The number of benzene rings is 1. The zero-order chi connectivity index (χ0) is 12.3. The summed E-state index contributed by atoms with van der Waals surface area (Å²) in [5, 5.41) is 11.0. The number of aliphatic carboxylic acids is 1. The summed E-state index contributed by atoms with van der Waals surface area (Å²) in [5.74, 6) is -1.50. The summed E-state index contributed by atoms with van der Waals surface area (Å²) in [6.07, 6.45) is 0. The quantitative estimate of drug-likeness (QED) is 0.879. The number of carboxylic acid groups (broad SMARTS) is 1. The number of amides is 1. The van der Waals surface area contributed by atoms with E-state index in [4.69, 9.17) is 5.11 Å². The van der Waals surface area contributed by atoms with Crippen LogP contribution in [0.2, 0.25) is 0 Å². The van der Waals surface area contributed by atoms with Crippen LogP contribution in [0.15, 0.2) is 27.1 Å². The van der Waals surface area contributed by atoms with E-state index < -0.39 is 17.9 Å². The Morgan fingerprint density at radius 2 is 2.00 bits per heavy atom. The number of carboxylic acids is 1. The van der Waals surface area contributed by atoms with Crippen LogP contribution in [0.4, 0.5) is 0 Å². The van der Waals surface area contributed by atoms with E-state index in [1.807, 2.05) is 0 Å². The van der Waals surface area contributed by atoms with Gasteiger partial charge in [0.25, 0.3) is 5.91 Å². The van der Waals surface area contributed by atoms with E-state index in [1.54, 1.807) is 18.2 Å². The molecule has 0 fully saturated rings. The Labute approximate surface area is 109 Å². The van der Waals surface area contributed by atoms with Gasteiger partial charge in [-0.1, -0.05) is 15.9 Å². The van der Waals surface area contributed by atoms with Crippen molar-refractivity contribution in [1.29, 1.82) is 0 Å². The van der Waals surface area contributed by atoms with Crippen LogP contribution in [-0.4, -0.2) is 23.0 Å². The van der Waals surface area contributed by atoms with Gasteiger partial charge in [-0.25, -0.2) is 0 Å². The maximum absolute atomic E-state index is 11.7. The van der Waals surface area contributed by atoms with Gasteiger partial charge in [0.15, 0.2) is 0 Å². The third-order valence-corrected chi connectivity index (χ3v) is 3.08. The van der Waals surface area contributed by atoms with Crippen molar-refractivity contribution in [1.82, 2.24) is 5.32 Å². The summed E-state index contributed by atoms with van der Waals surface area (Å²) in [5.41, 5.74) is 0.391. The highest BCUT2D eigenvalue weighted by atomic mass is 79.9. The summed E-state index contributed by atoms with van der Waals surface area (Å²) in [4.78, 5) is 22.3. The molecule has 86 valence electrons. The molecule has 0 heterocycles. The minimum atomic E-state index is -1.07. The number of nitrogens with one attached hydrogen (secondary N) is 1. The third kappa shape index (κ3) is 3.31. The molecule has 1 atom stereocenters. The lowest BCUT2D eigenvalue weighted by atomic mass is 10.2. The summed E-state index contributed by atoms with van der Waals surface area (Å²) in [6, 6.07) is 4.19. The van der Waals surface area contributed by atoms with Crippen LogP contribution in [0.5, 0.6) is 0 Å². The lowest BCUT2D eigenvalue weighted by Gasteiger charge is -2.10. The van der Waals surface area contributed by atoms with E-state index in [-0.39, 0.29) is 0 Å². The minimum Gasteiger partial charge on any atom is -0.480 e. The average Bonchev–Trinajstić information content (AvgIpc) is 2.21. The first kappa shape index (κ1) is 13.2. The summed E-state index contributed by atoms with van der Waals surface area (Å²) >= 11 is 6.47. The predicted octanol–water partition coefficient (Wildman–Crippen LogP) is 2.41. The van der Waals surface area contributed by atoms with E-state index in [0.717, 1.165) is 4.47 Å². The Balaban J connectivity index is 2.88. The summed E-state index contributed by atoms with van der Waals surface area (Å²) < 4.78 is 1.37. The van der Waals surface area contributed by atoms with Crippen LogP contribution in [0.3, 0.4) is 0 Å². The second kappa shape index (κ2) is 5.45. The minimum absolute atomic E-state index is 0.391. The van der Waals surface area contributed by atoms with E-state index in [9.17, 15) is 9.59 Å². The molecule has 0 aliphatic heterocycles. The van der Waals surface area contributed by atoms with Crippen molar-refractivity contribution in [3.8, 4) is 0 Å². The number of hydrogen-bond acceptors (Lipinski definition) is 2. The van der Waals surface area contributed by atoms with Gasteiger partial charge >= 0.3 is 5.97 Å². The fourth-order valence-corrected chi connectivity index (χ4v) is 1.80. The molecule has 16 heavy (non-hydrogen) atoms. The Morgan fingerprint density at radius 1 is 1.38 bits per heavy atom. The first-order valence-corrected chi connectivity index (χ1v) is 5.99. The van der Waals surface area contributed by atoms with Crippen LogP contribution in [0.25, 0.3) is 0 Å². The standard InChI is InChI=1S/C10H9Br2NO3/c1-5(10(15)16)13-9(14)7-4-6(11)2-3-8(7)12/h2-5H,1H3,(H,13,14)(H,15,16)/t5-/m0/s1. The highest BCUT2D eigenvalue weighted by molar-refractivity contribution is 9.11. The van der Waals surface area contributed by atoms with Gasteiger partial charge in [0.2, 0.25) is 0 Å². The lowest BCUT2D eigenvalue weighted by molar-refractivity contribution is -0.138. The fraction of sp³-hybridized carbons (Fsp3) is 0.200. The maximum Gasteiger partial charge on any atom is 0.325 e. The SMILES string of the molecule is C[C@H](NC(=O)c1cc(Br)ccc1Br)C(=O)O. The van der Waals surface area contributed by atoms with Crippen LogP contribution >= 0.6 is 31.9 Å². The van der Waals surface area contributed by atoms with Gasteiger partial charge in [0, 0.05) is 8.95 Å². The molecular weight excluding hydrogens is 342 g/mol. The topological polar surface area (TPSA) is 66.4 Å². The lowest BCUT2D eigenvalue weighted by Crippen LogP contribution is -2.38. The molecule has 2 N–H and O–H groups in total. The van der Waals surface area contributed by atoms with Crippen LogP contribution in [-0.2, 0) is 4.79 Å². The van der Waals surface area contributed by atoms with E-state index in [2.05, 4.69) is 37.2 Å². The Bertz CT molecular complexity index is 434. The van der Waals surface area contributed by atoms with E-state index >= 15 is 0 Å². The smallest absolute Gasteiger partial charge is 0.325 e. The molecule has 6 heteroatoms. The molecule has 0 bridgehead atoms. The zero-order valence-corrected chi connectivity index (χ0v) is 11.5. The average molecular weight is 351 g/mol. The largest absolute Gasteiger partial charge is 0.480 e. The first-order valence-electron chi connectivity index (χ1n) is 4.40. The Hall–Kier alpha value is -0.880. The number of hydrogen-bond donors (Lipinski definition) is 2. The van der Waals surface area contributed by atoms with E-state index in [0.29, 0.717) is 10.0 Å². The molecule has 0 unspecified atom stereocenters. The van der Waals surface area contributed by atoms with Crippen LogP contribution in [0, 0.1) is 0 Å².